The molecule has 2 aromatic rings. The van der Waals surface area contributed by atoms with Gasteiger partial charge in [0.25, 0.3) is 5.56 Å². The van der Waals surface area contributed by atoms with Crippen LogP contribution in [0.25, 0.3) is 0 Å². The number of halogens is 2. The van der Waals surface area contributed by atoms with Crippen molar-refractivity contribution in [3.63, 3.8) is 0 Å². The Kier molecular flexibility index (Phi) is 3.90. The molecular weight excluding hydrogens is 402 g/mol. The van der Waals surface area contributed by atoms with Gasteiger partial charge in [-0.3, -0.25) is 4.79 Å². The highest BCUT2D eigenvalue weighted by molar-refractivity contribution is 14.1. The van der Waals surface area contributed by atoms with Crippen molar-refractivity contribution in [2.45, 2.75) is 19.0 Å². The first-order valence-electron chi connectivity index (χ1n) is 6.66. The number of rotatable bonds is 3. The van der Waals surface area contributed by atoms with Gasteiger partial charge in [0.1, 0.15) is 5.82 Å². The Hall–Kier alpha value is -1.90. The third-order valence-corrected chi connectivity index (χ3v) is 4.36. The maximum Gasteiger partial charge on any atom is 0.337 e. The molecule has 0 aliphatic carbocycles. The summed E-state index contributed by atoms with van der Waals surface area (Å²) in [5, 5.41) is 12.3. The number of carboxylic acid groups (broad SMARTS) is 1. The molecule has 1 aliphatic rings. The van der Waals surface area contributed by atoms with Crippen molar-refractivity contribution in [2.24, 2.45) is 0 Å². The summed E-state index contributed by atoms with van der Waals surface area (Å²) in [6, 6.07) is 6.92. The molecule has 0 spiro atoms. The Morgan fingerprint density at radius 1 is 1.36 bits per heavy atom. The lowest BCUT2D eigenvalue weighted by Gasteiger charge is -2.17. The lowest BCUT2D eigenvalue weighted by molar-refractivity contribution is 0.0694. The molecule has 0 saturated carbocycles. The Balaban J connectivity index is 2.02. The van der Waals surface area contributed by atoms with Crippen molar-refractivity contribution in [1.29, 1.82) is 0 Å². The van der Waals surface area contributed by atoms with Gasteiger partial charge in [0, 0.05) is 16.2 Å². The van der Waals surface area contributed by atoms with Crippen molar-refractivity contribution in [3.8, 4) is 0 Å². The Morgan fingerprint density at radius 2 is 2.14 bits per heavy atom. The first-order chi connectivity index (χ1) is 10.5. The monoisotopic (exact) mass is 414 g/mol. The fraction of sp³-hybridized carbons (Fsp3) is 0.200. The van der Waals surface area contributed by atoms with Crippen LogP contribution >= 0.6 is 22.6 Å². The number of nitrogens with zero attached hydrogens (tertiary/aromatic N) is 1. The number of pyridine rings is 1. The second-order valence-electron chi connectivity index (χ2n) is 5.04. The van der Waals surface area contributed by atoms with E-state index in [0.717, 1.165) is 3.57 Å². The van der Waals surface area contributed by atoms with E-state index >= 15 is 0 Å². The number of carbonyl (C=O) groups is 1. The molecule has 114 valence electrons. The van der Waals surface area contributed by atoms with Crippen LogP contribution in [0.15, 0.2) is 35.1 Å². The summed E-state index contributed by atoms with van der Waals surface area (Å²) in [7, 11) is 0. The van der Waals surface area contributed by atoms with Gasteiger partial charge in [-0.15, -0.1) is 0 Å². The molecular formula is C15H12FIN2O3. The molecule has 0 fully saturated rings. The van der Waals surface area contributed by atoms with E-state index in [0.29, 0.717) is 24.3 Å². The van der Waals surface area contributed by atoms with Crippen molar-refractivity contribution in [1.82, 2.24) is 4.57 Å². The van der Waals surface area contributed by atoms with Crippen molar-refractivity contribution in [3.05, 3.63) is 61.3 Å². The van der Waals surface area contributed by atoms with Gasteiger partial charge in [0.15, 0.2) is 0 Å². The number of aromatic nitrogens is 1. The summed E-state index contributed by atoms with van der Waals surface area (Å²) in [4.78, 5) is 23.2. The van der Waals surface area contributed by atoms with E-state index in [2.05, 4.69) is 5.32 Å². The van der Waals surface area contributed by atoms with E-state index in [1.165, 1.54) is 22.8 Å². The lowest BCUT2D eigenvalue weighted by atomic mass is 10.1. The van der Waals surface area contributed by atoms with Crippen LogP contribution in [0.3, 0.4) is 0 Å². The van der Waals surface area contributed by atoms with E-state index in [1.54, 1.807) is 12.1 Å². The molecule has 0 amide bonds. The smallest absolute Gasteiger partial charge is 0.337 e. The van der Waals surface area contributed by atoms with Gasteiger partial charge in [-0.25, -0.2) is 9.18 Å². The third-order valence-electron chi connectivity index (χ3n) is 3.69. The van der Waals surface area contributed by atoms with E-state index < -0.39 is 17.8 Å². The van der Waals surface area contributed by atoms with E-state index in [4.69, 9.17) is 0 Å². The minimum absolute atomic E-state index is 0.0699. The highest BCUT2D eigenvalue weighted by Gasteiger charge is 2.29. The molecule has 2 N–H and O–H groups in total. The number of fused-ring (bicyclic) bond motifs is 1. The average Bonchev–Trinajstić information content (AvgIpc) is 2.87. The Labute approximate surface area is 138 Å². The molecule has 1 aliphatic heterocycles. The first-order valence-corrected chi connectivity index (χ1v) is 7.74. The van der Waals surface area contributed by atoms with Gasteiger partial charge < -0.3 is 15.0 Å². The molecule has 1 aromatic heterocycles. The Morgan fingerprint density at radius 3 is 2.82 bits per heavy atom. The van der Waals surface area contributed by atoms with Crippen LogP contribution in [0.1, 0.15) is 28.5 Å². The van der Waals surface area contributed by atoms with Crippen LogP contribution in [0.2, 0.25) is 0 Å². The zero-order valence-electron chi connectivity index (χ0n) is 11.3. The minimum Gasteiger partial charge on any atom is -0.478 e. The first kappa shape index (κ1) is 15.0. The zero-order chi connectivity index (χ0) is 15.9. The molecule has 22 heavy (non-hydrogen) atoms. The molecule has 0 bridgehead atoms. The fourth-order valence-electron chi connectivity index (χ4n) is 2.71. The van der Waals surface area contributed by atoms with Crippen LogP contribution in [0, 0.1) is 9.39 Å². The maximum atomic E-state index is 14.0. The predicted molar refractivity (Wildman–Crippen MR) is 87.8 cm³/mol. The quantitative estimate of drug-likeness (QED) is 0.759. The van der Waals surface area contributed by atoms with Gasteiger partial charge in [0.05, 0.1) is 23.0 Å². The molecule has 7 heteroatoms. The number of carboxylic acids is 1. The fourth-order valence-corrected chi connectivity index (χ4v) is 3.16. The van der Waals surface area contributed by atoms with E-state index in [-0.39, 0.29) is 11.1 Å². The minimum atomic E-state index is -1.10. The molecule has 0 radical (unpaired) electrons. The molecule has 1 aromatic carbocycles. The average molecular weight is 414 g/mol. The topological polar surface area (TPSA) is 71.3 Å². The standard InChI is InChI=1S/C15H12FIN2O3/c16-10-7-8(17)1-3-11(10)18-12-5-6-19-13(20)4-2-9(14(12)19)15(21)22/h1-4,7,12,18H,5-6H2,(H,21,22). The molecule has 5 nitrogen and oxygen atoms in total. The molecule has 1 unspecified atom stereocenters. The van der Waals surface area contributed by atoms with Gasteiger partial charge in [-0.1, -0.05) is 0 Å². The zero-order valence-corrected chi connectivity index (χ0v) is 13.5. The lowest BCUT2D eigenvalue weighted by Crippen LogP contribution is -2.23. The maximum absolute atomic E-state index is 14.0. The Bertz CT molecular complexity index is 819. The second kappa shape index (κ2) is 5.71. The van der Waals surface area contributed by atoms with Crippen LogP contribution in [0.5, 0.6) is 0 Å². The van der Waals surface area contributed by atoms with Crippen molar-refractivity contribution in [2.75, 3.05) is 5.32 Å². The van der Waals surface area contributed by atoms with Crippen LogP contribution in [-0.2, 0) is 6.54 Å². The van der Waals surface area contributed by atoms with Gasteiger partial charge in [0.2, 0.25) is 0 Å². The summed E-state index contributed by atoms with van der Waals surface area (Å²) < 4.78 is 16.2. The SMILES string of the molecule is O=C(O)c1ccc(=O)n2c1C(Nc1ccc(I)cc1F)CC2. The third kappa shape index (κ3) is 2.60. The number of hydrogen-bond acceptors (Lipinski definition) is 3. The van der Waals surface area contributed by atoms with Gasteiger partial charge >= 0.3 is 5.97 Å². The molecule has 0 saturated heterocycles. The van der Waals surface area contributed by atoms with E-state index in [9.17, 15) is 19.1 Å². The van der Waals surface area contributed by atoms with Crippen molar-refractivity contribution >= 4 is 34.2 Å². The second-order valence-corrected chi connectivity index (χ2v) is 6.28. The summed E-state index contributed by atoms with van der Waals surface area (Å²) in [6.07, 6.45) is 0.533. The van der Waals surface area contributed by atoms with Crippen LogP contribution < -0.4 is 10.9 Å². The van der Waals surface area contributed by atoms with Crippen LogP contribution in [-0.4, -0.2) is 15.6 Å². The summed E-state index contributed by atoms with van der Waals surface area (Å²) in [6.45, 7) is 0.416. The normalized spacial score (nSPS) is 16.4. The highest BCUT2D eigenvalue weighted by Crippen LogP contribution is 2.31. The summed E-state index contributed by atoms with van der Waals surface area (Å²) >= 11 is 2.01. The summed E-state index contributed by atoms with van der Waals surface area (Å²) in [5.41, 5.74) is 0.525. The summed E-state index contributed by atoms with van der Waals surface area (Å²) in [5.74, 6) is -1.50. The number of nitrogens with one attached hydrogen (secondary N) is 1. The number of hydrogen-bond donors (Lipinski definition) is 2. The number of benzene rings is 1. The van der Waals surface area contributed by atoms with Crippen LogP contribution in [0.4, 0.5) is 10.1 Å². The number of anilines is 1. The van der Waals surface area contributed by atoms with Gasteiger partial charge in [-0.05, 0) is 53.3 Å². The molecule has 3 rings (SSSR count). The molecule has 1 atom stereocenters. The predicted octanol–water partition coefficient (Wildman–Crippen LogP) is 2.85. The number of aromatic carboxylic acids is 1. The largest absolute Gasteiger partial charge is 0.478 e. The highest BCUT2D eigenvalue weighted by atomic mass is 127. The van der Waals surface area contributed by atoms with E-state index in [1.807, 2.05) is 22.6 Å². The van der Waals surface area contributed by atoms with Gasteiger partial charge in [-0.2, -0.15) is 0 Å². The van der Waals surface area contributed by atoms with Crippen molar-refractivity contribution < 1.29 is 14.3 Å². The molecule has 2 heterocycles.